The van der Waals surface area contributed by atoms with Gasteiger partial charge in [0.15, 0.2) is 5.13 Å². The summed E-state index contributed by atoms with van der Waals surface area (Å²) in [6.45, 7) is 0.502. The zero-order valence-corrected chi connectivity index (χ0v) is 10.9. The summed E-state index contributed by atoms with van der Waals surface area (Å²) in [4.78, 5) is 6.26. The third kappa shape index (κ3) is 2.96. The molecule has 0 radical (unpaired) electrons. The lowest BCUT2D eigenvalue weighted by Gasteiger charge is -2.15. The van der Waals surface area contributed by atoms with Crippen LogP contribution in [0.25, 0.3) is 0 Å². The molecule has 0 bridgehead atoms. The number of aromatic nitrogens is 1. The van der Waals surface area contributed by atoms with Gasteiger partial charge in [0.2, 0.25) is 0 Å². The lowest BCUT2D eigenvalue weighted by Crippen LogP contribution is -2.17. The Balaban J connectivity index is 2.11. The van der Waals surface area contributed by atoms with Gasteiger partial charge < -0.3 is 4.90 Å². The Morgan fingerprint density at radius 1 is 1.41 bits per heavy atom. The molecule has 0 N–H and O–H groups in total. The van der Waals surface area contributed by atoms with Crippen LogP contribution in [0.3, 0.4) is 0 Å². The van der Waals surface area contributed by atoms with Crippen molar-refractivity contribution in [2.24, 2.45) is 0 Å². The van der Waals surface area contributed by atoms with Gasteiger partial charge in [0, 0.05) is 24.5 Å². The Bertz CT molecular complexity index is 501. The van der Waals surface area contributed by atoms with Crippen LogP contribution in [-0.4, -0.2) is 12.0 Å². The topological polar surface area (TPSA) is 16.1 Å². The predicted molar refractivity (Wildman–Crippen MR) is 70.2 cm³/mol. The number of nitrogens with zero attached hydrogens (tertiary/aromatic N) is 2. The van der Waals surface area contributed by atoms with Gasteiger partial charge in [0.05, 0.1) is 11.6 Å². The minimum absolute atomic E-state index is 0.187. The van der Waals surface area contributed by atoms with E-state index in [-0.39, 0.29) is 5.82 Å². The normalized spacial score (nSPS) is 10.5. The van der Waals surface area contributed by atoms with Crippen LogP contribution in [0.2, 0.25) is 0 Å². The van der Waals surface area contributed by atoms with Crippen LogP contribution in [-0.2, 0) is 12.4 Å². The molecule has 17 heavy (non-hydrogen) atoms. The highest BCUT2D eigenvalue weighted by Gasteiger charge is 2.09. The summed E-state index contributed by atoms with van der Waals surface area (Å²) >= 11 is 7.21. The number of alkyl halides is 1. The SMILES string of the molecule is CN(Cc1ccccc1F)c1nc(CCl)cs1. The van der Waals surface area contributed by atoms with Crippen LogP contribution in [0.1, 0.15) is 11.3 Å². The molecule has 0 spiro atoms. The van der Waals surface area contributed by atoms with Crippen LogP contribution in [0.4, 0.5) is 9.52 Å². The third-order valence-electron chi connectivity index (χ3n) is 2.37. The minimum atomic E-state index is -0.187. The number of anilines is 1. The second-order valence-electron chi connectivity index (χ2n) is 3.70. The van der Waals surface area contributed by atoms with Crippen molar-refractivity contribution in [1.82, 2.24) is 4.98 Å². The van der Waals surface area contributed by atoms with Crippen molar-refractivity contribution in [1.29, 1.82) is 0 Å². The number of halogens is 2. The first-order chi connectivity index (χ1) is 8.20. The smallest absolute Gasteiger partial charge is 0.185 e. The Morgan fingerprint density at radius 3 is 2.82 bits per heavy atom. The molecule has 2 aromatic rings. The number of hydrogen-bond acceptors (Lipinski definition) is 3. The molecule has 0 aliphatic carbocycles. The Kier molecular flexibility index (Phi) is 3.97. The number of thiazole rings is 1. The van der Waals surface area contributed by atoms with Gasteiger partial charge >= 0.3 is 0 Å². The van der Waals surface area contributed by atoms with Gasteiger partial charge in [-0.1, -0.05) is 18.2 Å². The Labute approximate surface area is 109 Å². The van der Waals surface area contributed by atoms with Gasteiger partial charge in [-0.05, 0) is 6.07 Å². The van der Waals surface area contributed by atoms with Gasteiger partial charge in [-0.25, -0.2) is 9.37 Å². The predicted octanol–water partition coefficient (Wildman–Crippen LogP) is 3.66. The molecule has 0 saturated heterocycles. The Hall–Kier alpha value is -1.13. The molecule has 5 heteroatoms. The molecular weight excluding hydrogens is 259 g/mol. The number of benzene rings is 1. The van der Waals surface area contributed by atoms with E-state index in [0.717, 1.165) is 10.8 Å². The van der Waals surface area contributed by atoms with Crippen LogP contribution >= 0.6 is 22.9 Å². The minimum Gasteiger partial charge on any atom is -0.347 e. The molecule has 2 rings (SSSR count). The molecule has 1 heterocycles. The number of rotatable bonds is 4. The van der Waals surface area contributed by atoms with E-state index in [1.54, 1.807) is 12.1 Å². The van der Waals surface area contributed by atoms with Crippen molar-refractivity contribution in [3.05, 3.63) is 46.7 Å². The summed E-state index contributed by atoms with van der Waals surface area (Å²) in [6, 6.07) is 6.77. The molecule has 0 aliphatic heterocycles. The summed E-state index contributed by atoms with van der Waals surface area (Å²) in [7, 11) is 1.89. The van der Waals surface area contributed by atoms with Gasteiger partial charge in [-0.2, -0.15) is 0 Å². The van der Waals surface area contributed by atoms with Crippen molar-refractivity contribution in [2.75, 3.05) is 11.9 Å². The molecule has 0 atom stereocenters. The molecule has 0 amide bonds. The van der Waals surface area contributed by atoms with Gasteiger partial charge in [0.25, 0.3) is 0 Å². The van der Waals surface area contributed by atoms with E-state index >= 15 is 0 Å². The molecule has 0 saturated carbocycles. The van der Waals surface area contributed by atoms with Crippen LogP contribution in [0.5, 0.6) is 0 Å². The fourth-order valence-electron chi connectivity index (χ4n) is 1.48. The zero-order valence-electron chi connectivity index (χ0n) is 9.36. The standard InChI is InChI=1S/C12H12ClFN2S/c1-16(12-15-10(6-13)8-17-12)7-9-4-2-3-5-11(9)14/h2-5,8H,6-7H2,1H3. The fraction of sp³-hybridized carbons (Fsp3) is 0.250. The molecule has 0 unspecified atom stereocenters. The highest BCUT2D eigenvalue weighted by molar-refractivity contribution is 7.13. The van der Waals surface area contributed by atoms with Crippen LogP contribution in [0.15, 0.2) is 29.6 Å². The maximum absolute atomic E-state index is 13.5. The molecule has 0 aliphatic rings. The van der Waals surface area contributed by atoms with E-state index in [9.17, 15) is 4.39 Å². The van der Waals surface area contributed by atoms with E-state index < -0.39 is 0 Å². The zero-order chi connectivity index (χ0) is 12.3. The first kappa shape index (κ1) is 12.3. The second-order valence-corrected chi connectivity index (χ2v) is 4.81. The van der Waals surface area contributed by atoms with Gasteiger partial charge in [-0.3, -0.25) is 0 Å². The highest BCUT2D eigenvalue weighted by Crippen LogP contribution is 2.22. The summed E-state index contributed by atoms with van der Waals surface area (Å²) in [5.41, 5.74) is 1.52. The second kappa shape index (κ2) is 5.47. The van der Waals surface area contributed by atoms with Crippen molar-refractivity contribution >= 4 is 28.1 Å². The van der Waals surface area contributed by atoms with Crippen molar-refractivity contribution in [3.8, 4) is 0 Å². The van der Waals surface area contributed by atoms with Crippen molar-refractivity contribution in [3.63, 3.8) is 0 Å². The molecular formula is C12H12ClFN2S. The lowest BCUT2D eigenvalue weighted by molar-refractivity contribution is 0.608. The fourth-order valence-corrected chi connectivity index (χ4v) is 2.50. The van der Waals surface area contributed by atoms with Crippen LogP contribution < -0.4 is 4.90 Å². The van der Waals surface area contributed by atoms with Crippen molar-refractivity contribution < 1.29 is 4.39 Å². The first-order valence-corrected chi connectivity index (χ1v) is 6.57. The number of hydrogen-bond donors (Lipinski definition) is 0. The average Bonchev–Trinajstić information content (AvgIpc) is 2.81. The molecule has 1 aromatic heterocycles. The first-order valence-electron chi connectivity index (χ1n) is 5.15. The monoisotopic (exact) mass is 270 g/mol. The summed E-state index contributed by atoms with van der Waals surface area (Å²) < 4.78 is 13.5. The third-order valence-corrected chi connectivity index (χ3v) is 3.65. The lowest BCUT2D eigenvalue weighted by atomic mass is 10.2. The van der Waals surface area contributed by atoms with E-state index in [1.165, 1.54) is 17.4 Å². The summed E-state index contributed by atoms with van der Waals surface area (Å²) in [6.07, 6.45) is 0. The summed E-state index contributed by atoms with van der Waals surface area (Å²) in [5, 5.41) is 2.77. The van der Waals surface area contributed by atoms with Crippen LogP contribution in [0, 0.1) is 5.82 Å². The molecule has 90 valence electrons. The quantitative estimate of drug-likeness (QED) is 0.789. The molecule has 2 nitrogen and oxygen atoms in total. The maximum atomic E-state index is 13.5. The largest absolute Gasteiger partial charge is 0.347 e. The summed E-state index contributed by atoms with van der Waals surface area (Å²) in [5.74, 6) is 0.220. The van der Waals surface area contributed by atoms with E-state index in [4.69, 9.17) is 11.6 Å². The molecule has 0 fully saturated rings. The van der Waals surface area contributed by atoms with Gasteiger partial charge in [-0.15, -0.1) is 22.9 Å². The highest BCUT2D eigenvalue weighted by atomic mass is 35.5. The van der Waals surface area contributed by atoms with E-state index in [0.29, 0.717) is 18.0 Å². The molecule has 1 aromatic carbocycles. The Morgan fingerprint density at radius 2 is 2.18 bits per heavy atom. The van der Waals surface area contributed by atoms with Crippen molar-refractivity contribution in [2.45, 2.75) is 12.4 Å². The maximum Gasteiger partial charge on any atom is 0.185 e. The van der Waals surface area contributed by atoms with E-state index in [2.05, 4.69) is 4.98 Å². The van der Waals surface area contributed by atoms with Gasteiger partial charge in [0.1, 0.15) is 5.82 Å². The average molecular weight is 271 g/mol. The van der Waals surface area contributed by atoms with E-state index in [1.807, 2.05) is 23.4 Å².